The molecule has 0 bridgehead atoms. The highest BCUT2D eigenvalue weighted by Gasteiger charge is 1.95. The van der Waals surface area contributed by atoms with Crippen LogP contribution in [0.4, 0.5) is 4.20 Å². The van der Waals surface area contributed by atoms with Crippen molar-refractivity contribution in [1.29, 1.82) is 0 Å². The molecule has 0 aromatic rings. The van der Waals surface area contributed by atoms with Crippen LogP contribution in [0.3, 0.4) is 0 Å². The fourth-order valence-corrected chi connectivity index (χ4v) is 1.11. The van der Waals surface area contributed by atoms with E-state index in [0.717, 1.165) is 18.5 Å². The van der Waals surface area contributed by atoms with Gasteiger partial charge in [0.1, 0.15) is 0 Å². The van der Waals surface area contributed by atoms with Crippen molar-refractivity contribution in [3.8, 4) is 0 Å². The second kappa shape index (κ2) is 5.50. The summed E-state index contributed by atoms with van der Waals surface area (Å²) in [6, 6.07) is 0. The maximum absolute atomic E-state index is 11.5. The van der Waals surface area contributed by atoms with Crippen LogP contribution < -0.4 is 0 Å². The van der Waals surface area contributed by atoms with Crippen LogP contribution in [0.5, 0.6) is 0 Å². The fraction of sp³-hybridized carbons (Fsp3) is 1.00. The molecular weight excluding hydrogens is 122 g/mol. The zero-order valence-corrected chi connectivity index (χ0v) is 6.58. The highest BCUT2D eigenvalue weighted by Crippen LogP contribution is 2.16. The van der Waals surface area contributed by atoms with Gasteiger partial charge >= 0.3 is 0 Å². The third-order valence-corrected chi connectivity index (χ3v) is 1.91. The molecule has 8 heavy (non-hydrogen) atoms. The first-order chi connectivity index (χ1) is 3.81. The standard InChI is InChI=1S/C6H14FP/c1-3-6(2)4-5-8-7/h6,8H,3-5H2,1-2H3. The summed E-state index contributed by atoms with van der Waals surface area (Å²) >= 11 is 0. The molecule has 0 aliphatic rings. The van der Waals surface area contributed by atoms with E-state index in [1.54, 1.807) is 0 Å². The van der Waals surface area contributed by atoms with Crippen LogP contribution in [0, 0.1) is 5.92 Å². The van der Waals surface area contributed by atoms with Crippen LogP contribution in [-0.4, -0.2) is 6.16 Å². The SMILES string of the molecule is CCC(C)CCPF. The van der Waals surface area contributed by atoms with Gasteiger partial charge in [-0.25, -0.2) is 4.20 Å². The molecule has 0 saturated carbocycles. The van der Waals surface area contributed by atoms with Crippen molar-refractivity contribution >= 4 is 8.89 Å². The average Bonchev–Trinajstić information content (AvgIpc) is 1.83. The normalized spacial score (nSPS) is 15.4. The molecule has 0 radical (unpaired) electrons. The lowest BCUT2D eigenvalue weighted by atomic mass is 10.1. The van der Waals surface area contributed by atoms with Crippen molar-refractivity contribution in [1.82, 2.24) is 0 Å². The molecule has 2 unspecified atom stereocenters. The van der Waals surface area contributed by atoms with E-state index in [4.69, 9.17) is 0 Å². The summed E-state index contributed by atoms with van der Waals surface area (Å²) in [6.45, 7) is 4.31. The summed E-state index contributed by atoms with van der Waals surface area (Å²) in [7, 11) is -0.346. The minimum atomic E-state index is -0.346. The van der Waals surface area contributed by atoms with Crippen LogP contribution in [0.15, 0.2) is 0 Å². The molecule has 0 aliphatic carbocycles. The Morgan fingerprint density at radius 2 is 2.25 bits per heavy atom. The van der Waals surface area contributed by atoms with Gasteiger partial charge in [-0.3, -0.25) is 0 Å². The molecule has 0 saturated heterocycles. The third kappa shape index (κ3) is 4.52. The number of halogens is 1. The van der Waals surface area contributed by atoms with Gasteiger partial charge in [-0.15, -0.1) is 0 Å². The molecule has 2 heteroatoms. The Balaban J connectivity index is 2.86. The van der Waals surface area contributed by atoms with E-state index >= 15 is 0 Å². The minimum Gasteiger partial charge on any atom is -0.231 e. The van der Waals surface area contributed by atoms with E-state index in [1.807, 2.05) is 0 Å². The number of rotatable bonds is 4. The Bertz CT molecular complexity index is 47.8. The van der Waals surface area contributed by atoms with Crippen LogP contribution >= 0.6 is 8.89 Å². The maximum Gasteiger partial charge on any atom is 0.0671 e. The van der Waals surface area contributed by atoms with Gasteiger partial charge in [0.2, 0.25) is 0 Å². The van der Waals surface area contributed by atoms with Gasteiger partial charge in [-0.2, -0.15) is 0 Å². The lowest BCUT2D eigenvalue weighted by molar-refractivity contribution is 0.546. The highest BCUT2D eigenvalue weighted by atomic mass is 31.1. The fourth-order valence-electron chi connectivity index (χ4n) is 0.505. The summed E-state index contributed by atoms with van der Waals surface area (Å²) in [5, 5.41) is 0. The zero-order valence-electron chi connectivity index (χ0n) is 5.58. The quantitative estimate of drug-likeness (QED) is 0.521. The van der Waals surface area contributed by atoms with E-state index < -0.39 is 0 Å². The Hall–Kier alpha value is 0.360. The summed E-state index contributed by atoms with van der Waals surface area (Å²) in [5.74, 6) is 0.721. The van der Waals surface area contributed by atoms with Crippen molar-refractivity contribution in [3.63, 3.8) is 0 Å². The molecule has 0 rings (SSSR count). The van der Waals surface area contributed by atoms with Gasteiger partial charge in [0.25, 0.3) is 0 Å². The van der Waals surface area contributed by atoms with Gasteiger partial charge in [0, 0.05) is 0 Å². The molecule has 0 heterocycles. The van der Waals surface area contributed by atoms with E-state index in [-0.39, 0.29) is 8.89 Å². The van der Waals surface area contributed by atoms with Crippen molar-refractivity contribution < 1.29 is 4.20 Å². The summed E-state index contributed by atoms with van der Waals surface area (Å²) in [5.41, 5.74) is 0. The first kappa shape index (κ1) is 8.36. The van der Waals surface area contributed by atoms with Crippen molar-refractivity contribution in [3.05, 3.63) is 0 Å². The molecule has 0 fully saturated rings. The predicted octanol–water partition coefficient (Wildman–Crippen LogP) is 2.99. The third-order valence-electron chi connectivity index (χ3n) is 1.43. The predicted molar refractivity (Wildman–Crippen MR) is 38.4 cm³/mol. The van der Waals surface area contributed by atoms with Crippen molar-refractivity contribution in [2.24, 2.45) is 5.92 Å². The molecule has 0 N–H and O–H groups in total. The summed E-state index contributed by atoms with van der Waals surface area (Å²) < 4.78 is 11.5. The molecule has 0 amide bonds. The van der Waals surface area contributed by atoms with Gasteiger partial charge in [-0.05, 0) is 18.5 Å². The highest BCUT2D eigenvalue weighted by molar-refractivity contribution is 7.31. The number of hydrogen-bond donors (Lipinski definition) is 0. The minimum absolute atomic E-state index is 0.346. The molecule has 0 nitrogen and oxygen atoms in total. The maximum atomic E-state index is 11.5. The first-order valence-corrected chi connectivity index (χ1v) is 4.23. The Morgan fingerprint density at radius 3 is 2.62 bits per heavy atom. The van der Waals surface area contributed by atoms with Gasteiger partial charge < -0.3 is 0 Å². The van der Waals surface area contributed by atoms with E-state index in [2.05, 4.69) is 13.8 Å². The van der Waals surface area contributed by atoms with E-state index in [9.17, 15) is 4.20 Å². The number of hydrogen-bond acceptors (Lipinski definition) is 0. The molecule has 50 valence electrons. The molecular formula is C6H14FP. The van der Waals surface area contributed by atoms with E-state index in [0.29, 0.717) is 0 Å². The smallest absolute Gasteiger partial charge is 0.0671 e. The Morgan fingerprint density at radius 1 is 1.62 bits per heavy atom. The molecule has 0 aromatic heterocycles. The largest absolute Gasteiger partial charge is 0.231 e. The summed E-state index contributed by atoms with van der Waals surface area (Å²) in [6.07, 6.45) is 3.02. The Labute approximate surface area is 52.8 Å². The van der Waals surface area contributed by atoms with Gasteiger partial charge in [-0.1, -0.05) is 20.3 Å². The monoisotopic (exact) mass is 136 g/mol. The van der Waals surface area contributed by atoms with E-state index in [1.165, 1.54) is 6.42 Å². The zero-order chi connectivity index (χ0) is 6.41. The molecule has 0 aromatic carbocycles. The van der Waals surface area contributed by atoms with Gasteiger partial charge in [0.05, 0.1) is 8.89 Å². The molecule has 0 aliphatic heterocycles. The second-order valence-electron chi connectivity index (χ2n) is 2.19. The van der Waals surface area contributed by atoms with Crippen LogP contribution in [0.2, 0.25) is 0 Å². The van der Waals surface area contributed by atoms with Gasteiger partial charge in [0.15, 0.2) is 0 Å². The summed E-state index contributed by atoms with van der Waals surface area (Å²) in [4.78, 5) is 0. The second-order valence-corrected chi connectivity index (χ2v) is 2.95. The Kier molecular flexibility index (Phi) is 5.74. The van der Waals surface area contributed by atoms with Crippen LogP contribution in [-0.2, 0) is 0 Å². The van der Waals surface area contributed by atoms with Crippen molar-refractivity contribution in [2.75, 3.05) is 6.16 Å². The first-order valence-electron chi connectivity index (χ1n) is 3.14. The lowest BCUT2D eigenvalue weighted by Gasteiger charge is -2.03. The van der Waals surface area contributed by atoms with Crippen LogP contribution in [0.25, 0.3) is 0 Å². The van der Waals surface area contributed by atoms with Crippen molar-refractivity contribution in [2.45, 2.75) is 26.7 Å². The average molecular weight is 136 g/mol. The topological polar surface area (TPSA) is 0 Å². The molecule has 2 atom stereocenters. The lowest BCUT2D eigenvalue weighted by Crippen LogP contribution is -1.91. The molecule has 0 spiro atoms. The van der Waals surface area contributed by atoms with Crippen LogP contribution in [0.1, 0.15) is 26.7 Å².